The van der Waals surface area contributed by atoms with Gasteiger partial charge in [0.1, 0.15) is 27.0 Å². The molecule has 0 saturated carbocycles. The van der Waals surface area contributed by atoms with E-state index in [0.29, 0.717) is 29.6 Å². The Morgan fingerprint density at radius 1 is 0.979 bits per heavy atom. The van der Waals surface area contributed by atoms with Gasteiger partial charge in [0, 0.05) is 35.9 Å². The van der Waals surface area contributed by atoms with Crippen molar-refractivity contribution in [3.8, 4) is 5.75 Å². The summed E-state index contributed by atoms with van der Waals surface area (Å²) in [7, 11) is -3.04. The van der Waals surface area contributed by atoms with E-state index in [1.807, 2.05) is 24.3 Å². The largest absolute Gasteiger partial charge is 0.490 e. The number of sulfone groups is 1. The summed E-state index contributed by atoms with van der Waals surface area (Å²) in [6.07, 6.45) is 1.69. The standard InChI is InChI=1S/C38H50Cl2N4O3S/c1-26(2)47-33-24-29(36(3,4)5)14-19-32(33)35-42-37(6,27-10-15-30(39)16-11-27)38(7,28-12-17-31(40)18-13-28)44(35)34-25-43(22-20-41-34)21-9-23-48(8,45)46/h10-19,24,26,34,41H,9,20-23,25H2,1-8H3/t34?,37-,38+/m0/s1. The van der Waals surface area contributed by atoms with E-state index in [-0.39, 0.29) is 23.4 Å². The molecule has 2 heterocycles. The third-order valence-corrected chi connectivity index (χ3v) is 11.3. The first-order valence-electron chi connectivity index (χ1n) is 16.8. The maximum absolute atomic E-state index is 11.9. The number of aliphatic imine (C=N–C) groups is 1. The van der Waals surface area contributed by atoms with Gasteiger partial charge in [-0.15, -0.1) is 0 Å². The summed E-state index contributed by atoms with van der Waals surface area (Å²) in [6.45, 7) is 18.1. The van der Waals surface area contributed by atoms with Gasteiger partial charge in [-0.3, -0.25) is 15.2 Å². The highest BCUT2D eigenvalue weighted by atomic mass is 35.5. The molecule has 1 saturated heterocycles. The second-order valence-electron chi connectivity index (χ2n) is 14.8. The van der Waals surface area contributed by atoms with Crippen LogP contribution in [0.2, 0.25) is 10.0 Å². The molecule has 0 spiro atoms. The van der Waals surface area contributed by atoms with E-state index in [1.54, 1.807) is 0 Å². The summed E-state index contributed by atoms with van der Waals surface area (Å²) in [6, 6.07) is 22.6. The lowest BCUT2D eigenvalue weighted by Crippen LogP contribution is -2.65. The molecule has 0 amide bonds. The van der Waals surface area contributed by atoms with E-state index in [4.69, 9.17) is 32.9 Å². The first-order valence-corrected chi connectivity index (χ1v) is 19.6. The Hall–Kier alpha value is -2.62. The van der Waals surface area contributed by atoms with Crippen LogP contribution in [0.4, 0.5) is 0 Å². The van der Waals surface area contributed by atoms with Gasteiger partial charge >= 0.3 is 0 Å². The van der Waals surface area contributed by atoms with Crippen molar-refractivity contribution in [2.24, 2.45) is 4.99 Å². The van der Waals surface area contributed by atoms with Crippen LogP contribution >= 0.6 is 23.2 Å². The van der Waals surface area contributed by atoms with E-state index >= 15 is 0 Å². The number of ether oxygens (including phenoxy) is 1. The minimum atomic E-state index is -3.04. The summed E-state index contributed by atoms with van der Waals surface area (Å²) in [5, 5.41) is 5.16. The highest BCUT2D eigenvalue weighted by Gasteiger charge is 2.59. The quantitative estimate of drug-likeness (QED) is 0.233. The van der Waals surface area contributed by atoms with Crippen LogP contribution in [0.5, 0.6) is 5.75 Å². The Kier molecular flexibility index (Phi) is 10.7. The number of amidine groups is 1. The van der Waals surface area contributed by atoms with Crippen molar-refractivity contribution in [1.29, 1.82) is 0 Å². The molecular weight excluding hydrogens is 663 g/mol. The molecule has 5 rings (SSSR count). The maximum Gasteiger partial charge on any atom is 0.147 e. The van der Waals surface area contributed by atoms with Gasteiger partial charge in [-0.25, -0.2) is 8.42 Å². The SMILES string of the molecule is CC(C)Oc1cc(C(C)(C)C)ccc1C1=N[C@@](C)(c2ccc(Cl)cc2)[C@@](C)(c2ccc(Cl)cc2)N1C1CN(CCCS(C)(=O)=O)CCN1. The molecule has 0 bridgehead atoms. The van der Waals surface area contributed by atoms with Gasteiger partial charge < -0.3 is 9.64 Å². The van der Waals surface area contributed by atoms with Crippen molar-refractivity contribution in [3.63, 3.8) is 0 Å². The summed E-state index contributed by atoms with van der Waals surface area (Å²) >= 11 is 12.9. The predicted octanol–water partition coefficient (Wildman–Crippen LogP) is 7.64. The zero-order valence-corrected chi connectivity index (χ0v) is 31.8. The Morgan fingerprint density at radius 2 is 1.58 bits per heavy atom. The predicted molar refractivity (Wildman–Crippen MR) is 199 cm³/mol. The molecule has 3 atom stereocenters. The molecule has 1 fully saturated rings. The summed E-state index contributed by atoms with van der Waals surface area (Å²) in [5.41, 5.74) is 2.66. The first-order chi connectivity index (χ1) is 22.4. The van der Waals surface area contributed by atoms with E-state index in [1.165, 1.54) is 11.8 Å². The number of hydrogen-bond donors (Lipinski definition) is 1. The maximum atomic E-state index is 11.9. The van der Waals surface area contributed by atoms with Crippen LogP contribution in [0.3, 0.4) is 0 Å². The summed E-state index contributed by atoms with van der Waals surface area (Å²) < 4.78 is 30.5. The average molecular weight is 714 g/mol. The van der Waals surface area contributed by atoms with Crippen LogP contribution in [-0.2, 0) is 26.3 Å². The molecule has 10 heteroatoms. The van der Waals surface area contributed by atoms with Crippen molar-refractivity contribution < 1.29 is 13.2 Å². The minimum absolute atomic E-state index is 0.0436. The first kappa shape index (κ1) is 36.7. The van der Waals surface area contributed by atoms with Crippen molar-refractivity contribution in [2.45, 2.75) is 83.6 Å². The third-order valence-electron chi connectivity index (χ3n) is 9.79. The van der Waals surface area contributed by atoms with Crippen LogP contribution in [0.25, 0.3) is 0 Å². The minimum Gasteiger partial charge on any atom is -0.490 e. The van der Waals surface area contributed by atoms with Gasteiger partial charge in [-0.05, 0) is 99.2 Å². The van der Waals surface area contributed by atoms with Gasteiger partial charge in [-0.1, -0.05) is 74.3 Å². The fraction of sp³-hybridized carbons (Fsp3) is 0.500. The van der Waals surface area contributed by atoms with Gasteiger partial charge in [0.15, 0.2) is 0 Å². The number of halogens is 2. The highest BCUT2D eigenvalue weighted by Crippen LogP contribution is 2.54. The van der Waals surface area contributed by atoms with Crippen molar-refractivity contribution in [3.05, 3.63) is 99.0 Å². The lowest BCUT2D eigenvalue weighted by atomic mass is 9.70. The zero-order valence-electron chi connectivity index (χ0n) is 29.5. The molecule has 3 aromatic rings. The smallest absolute Gasteiger partial charge is 0.147 e. The summed E-state index contributed by atoms with van der Waals surface area (Å²) in [5.74, 6) is 1.79. The molecule has 0 aromatic heterocycles. The van der Waals surface area contributed by atoms with Crippen molar-refractivity contribution in [1.82, 2.24) is 15.1 Å². The monoisotopic (exact) mass is 712 g/mol. The van der Waals surface area contributed by atoms with Crippen LogP contribution in [-0.4, -0.2) is 74.5 Å². The van der Waals surface area contributed by atoms with E-state index < -0.39 is 20.9 Å². The van der Waals surface area contributed by atoms with Crippen molar-refractivity contribution in [2.75, 3.05) is 38.2 Å². The summed E-state index contributed by atoms with van der Waals surface area (Å²) in [4.78, 5) is 10.5. The molecular formula is C38H50Cl2N4O3S. The zero-order chi connectivity index (χ0) is 35.1. The molecule has 0 aliphatic carbocycles. The van der Waals surface area contributed by atoms with Crippen LogP contribution in [0.15, 0.2) is 71.7 Å². The van der Waals surface area contributed by atoms with Gasteiger partial charge in [0.25, 0.3) is 0 Å². The molecule has 7 nitrogen and oxygen atoms in total. The van der Waals surface area contributed by atoms with Crippen LogP contribution in [0, 0.1) is 0 Å². The number of nitrogens with zero attached hydrogens (tertiary/aromatic N) is 3. The van der Waals surface area contributed by atoms with E-state index in [2.05, 4.69) is 106 Å². The number of nitrogens with one attached hydrogen (secondary N) is 1. The molecule has 48 heavy (non-hydrogen) atoms. The molecule has 0 radical (unpaired) electrons. The van der Waals surface area contributed by atoms with Crippen molar-refractivity contribution >= 4 is 38.9 Å². The van der Waals surface area contributed by atoms with Gasteiger partial charge in [0.05, 0.1) is 29.1 Å². The van der Waals surface area contributed by atoms with Crippen LogP contribution in [0.1, 0.15) is 77.1 Å². The number of benzene rings is 3. The highest BCUT2D eigenvalue weighted by molar-refractivity contribution is 7.90. The number of hydrogen-bond acceptors (Lipinski definition) is 7. The molecule has 1 N–H and O–H groups in total. The second kappa shape index (κ2) is 13.9. The number of rotatable bonds is 10. The number of piperazine rings is 1. The fourth-order valence-corrected chi connectivity index (χ4v) is 7.93. The van der Waals surface area contributed by atoms with Gasteiger partial charge in [0.2, 0.25) is 0 Å². The molecule has 260 valence electrons. The van der Waals surface area contributed by atoms with Crippen LogP contribution < -0.4 is 10.1 Å². The molecule has 1 unspecified atom stereocenters. The lowest BCUT2D eigenvalue weighted by molar-refractivity contribution is 0.0362. The van der Waals surface area contributed by atoms with Gasteiger partial charge in [-0.2, -0.15) is 0 Å². The average Bonchev–Trinajstić information content (AvgIpc) is 3.24. The Balaban J connectivity index is 1.73. The topological polar surface area (TPSA) is 74.2 Å². The van der Waals surface area contributed by atoms with E-state index in [0.717, 1.165) is 41.4 Å². The van der Waals surface area contributed by atoms with E-state index in [9.17, 15) is 8.42 Å². The Bertz CT molecular complexity index is 1740. The second-order valence-corrected chi connectivity index (χ2v) is 18.0. The molecule has 2 aliphatic rings. The molecule has 2 aliphatic heterocycles. The Labute approximate surface area is 297 Å². The molecule has 3 aromatic carbocycles. The third kappa shape index (κ3) is 7.58. The Morgan fingerprint density at radius 3 is 2.15 bits per heavy atom. The lowest BCUT2D eigenvalue weighted by Gasteiger charge is -2.51. The fourth-order valence-electron chi connectivity index (χ4n) is 7.03. The normalized spacial score (nSPS) is 23.9.